The lowest BCUT2D eigenvalue weighted by molar-refractivity contribution is -0.116. The number of rotatable bonds is 6. The first-order chi connectivity index (χ1) is 12.9. The van der Waals surface area contributed by atoms with Gasteiger partial charge in [-0.2, -0.15) is 13.9 Å². The van der Waals surface area contributed by atoms with Crippen LogP contribution in [0.5, 0.6) is 5.75 Å². The molecule has 1 heterocycles. The van der Waals surface area contributed by atoms with Gasteiger partial charge in [-0.25, -0.2) is 0 Å². The number of benzene rings is 2. The molecule has 9 heteroatoms. The van der Waals surface area contributed by atoms with Crippen molar-refractivity contribution in [3.63, 3.8) is 0 Å². The van der Waals surface area contributed by atoms with Crippen LogP contribution in [0.15, 0.2) is 48.5 Å². The number of anilines is 1. The number of nitrogens with zero attached hydrogens (tertiary/aromatic N) is 2. The monoisotopic (exact) mass is 390 g/mol. The fourth-order valence-electron chi connectivity index (χ4n) is 2.45. The zero-order valence-corrected chi connectivity index (χ0v) is 15.1. The number of halogens is 2. The molecule has 2 aromatic carbocycles. The number of alkyl halides is 2. The number of carbonyl (C=O) groups excluding carboxylic acids is 1. The zero-order chi connectivity index (χ0) is 19.4. The van der Waals surface area contributed by atoms with Gasteiger partial charge in [-0.3, -0.25) is 14.5 Å². The Kier molecular flexibility index (Phi) is 5.60. The maximum Gasteiger partial charge on any atom is 0.387 e. The minimum atomic E-state index is -2.89. The van der Waals surface area contributed by atoms with Crippen molar-refractivity contribution in [2.24, 2.45) is 0 Å². The summed E-state index contributed by atoms with van der Waals surface area (Å²) in [7, 11) is 0. The predicted octanol–water partition coefficient (Wildman–Crippen LogP) is 4.16. The van der Waals surface area contributed by atoms with Crippen molar-refractivity contribution in [2.75, 3.05) is 5.32 Å². The van der Waals surface area contributed by atoms with Crippen LogP contribution in [-0.2, 0) is 11.3 Å². The number of hydrogen-bond acceptors (Lipinski definition) is 4. The van der Waals surface area contributed by atoms with Gasteiger partial charge in [-0.05, 0) is 43.4 Å². The molecule has 27 heavy (non-hydrogen) atoms. The number of nitrogens with one attached hydrogen (secondary N) is 2. The van der Waals surface area contributed by atoms with E-state index < -0.39 is 6.61 Å². The minimum Gasteiger partial charge on any atom is -0.435 e. The molecule has 0 saturated carbocycles. The summed E-state index contributed by atoms with van der Waals surface area (Å²) in [4.78, 5) is 12.4. The molecule has 1 aromatic heterocycles. The molecule has 3 aromatic rings. The van der Waals surface area contributed by atoms with Crippen LogP contribution in [0.1, 0.15) is 5.56 Å². The topological polar surface area (TPSA) is 71.9 Å². The average Bonchev–Trinajstić information content (AvgIpc) is 2.97. The van der Waals surface area contributed by atoms with Crippen LogP contribution in [0.3, 0.4) is 0 Å². The minimum absolute atomic E-state index is 0.0155. The summed E-state index contributed by atoms with van der Waals surface area (Å²) >= 11 is 5.22. The number of hydrogen-bond donors (Lipinski definition) is 2. The predicted molar refractivity (Wildman–Crippen MR) is 99.3 cm³/mol. The summed E-state index contributed by atoms with van der Waals surface area (Å²) in [5.41, 5.74) is 2.39. The van der Waals surface area contributed by atoms with E-state index in [0.29, 0.717) is 16.3 Å². The van der Waals surface area contributed by atoms with Crippen molar-refractivity contribution in [1.29, 1.82) is 0 Å². The summed E-state index contributed by atoms with van der Waals surface area (Å²) < 4.78 is 30.5. The maximum atomic E-state index is 12.4. The molecule has 0 unspecified atom stereocenters. The van der Waals surface area contributed by atoms with Gasteiger partial charge in [0, 0.05) is 11.3 Å². The van der Waals surface area contributed by atoms with Gasteiger partial charge in [0.15, 0.2) is 10.6 Å². The van der Waals surface area contributed by atoms with Crippen LogP contribution in [0.4, 0.5) is 14.5 Å². The highest BCUT2D eigenvalue weighted by molar-refractivity contribution is 7.71. The Balaban J connectivity index is 1.72. The Morgan fingerprint density at radius 1 is 1.22 bits per heavy atom. The first kappa shape index (κ1) is 18.7. The van der Waals surface area contributed by atoms with E-state index in [-0.39, 0.29) is 18.2 Å². The summed E-state index contributed by atoms with van der Waals surface area (Å²) in [6.45, 7) is -0.964. The van der Waals surface area contributed by atoms with Gasteiger partial charge in [0.05, 0.1) is 0 Å². The van der Waals surface area contributed by atoms with Crippen molar-refractivity contribution >= 4 is 23.8 Å². The molecule has 0 aliphatic heterocycles. The van der Waals surface area contributed by atoms with E-state index in [1.54, 1.807) is 4.57 Å². The molecular formula is C18H16F2N4O2S. The first-order valence-corrected chi connectivity index (χ1v) is 8.40. The van der Waals surface area contributed by atoms with Crippen LogP contribution >= 0.6 is 12.2 Å². The van der Waals surface area contributed by atoms with Crippen LogP contribution in [0.2, 0.25) is 0 Å². The Morgan fingerprint density at radius 2 is 1.89 bits per heavy atom. The number of aryl methyl sites for hydroxylation is 1. The van der Waals surface area contributed by atoms with Gasteiger partial charge in [0.2, 0.25) is 5.91 Å². The normalized spacial score (nSPS) is 10.8. The standard InChI is InChI=1S/C18H16F2N4O2S/c1-11-2-4-12(5-3-11)16-22-23-18(27)24(16)10-15(25)21-13-6-8-14(9-7-13)26-17(19)20/h2-9,17H,10H2,1H3,(H,21,25)(H,23,27). The summed E-state index contributed by atoms with van der Waals surface area (Å²) in [5, 5.41) is 9.57. The van der Waals surface area contributed by atoms with Crippen LogP contribution < -0.4 is 10.1 Å². The van der Waals surface area contributed by atoms with Gasteiger partial charge in [-0.1, -0.05) is 29.8 Å². The van der Waals surface area contributed by atoms with Crippen LogP contribution in [0.25, 0.3) is 11.4 Å². The molecule has 2 N–H and O–H groups in total. The molecular weight excluding hydrogens is 374 g/mol. The highest BCUT2D eigenvalue weighted by Crippen LogP contribution is 2.19. The van der Waals surface area contributed by atoms with E-state index in [0.717, 1.165) is 11.1 Å². The molecule has 0 saturated heterocycles. The van der Waals surface area contributed by atoms with E-state index in [1.165, 1.54) is 24.3 Å². The molecule has 0 aliphatic rings. The third kappa shape index (κ3) is 4.76. The van der Waals surface area contributed by atoms with Crippen molar-refractivity contribution in [3.8, 4) is 17.1 Å². The Bertz CT molecular complexity index is 982. The molecule has 0 spiro atoms. The number of aromatic amines is 1. The highest BCUT2D eigenvalue weighted by atomic mass is 32.1. The summed E-state index contributed by atoms with van der Waals surface area (Å²) in [5.74, 6) is 0.237. The fourth-order valence-corrected chi connectivity index (χ4v) is 2.65. The molecule has 0 radical (unpaired) electrons. The second-order valence-electron chi connectivity index (χ2n) is 5.76. The average molecular weight is 390 g/mol. The quantitative estimate of drug-likeness (QED) is 0.620. The lowest BCUT2D eigenvalue weighted by Gasteiger charge is -2.09. The number of H-pyrrole nitrogens is 1. The lowest BCUT2D eigenvalue weighted by Crippen LogP contribution is -2.19. The van der Waals surface area contributed by atoms with Gasteiger partial charge in [0.25, 0.3) is 0 Å². The Labute approximate surface area is 158 Å². The lowest BCUT2D eigenvalue weighted by atomic mass is 10.1. The van der Waals surface area contributed by atoms with Crippen molar-refractivity contribution in [2.45, 2.75) is 20.1 Å². The van der Waals surface area contributed by atoms with E-state index in [1.807, 2.05) is 31.2 Å². The second-order valence-corrected chi connectivity index (χ2v) is 6.14. The van der Waals surface area contributed by atoms with Crippen molar-refractivity contribution in [1.82, 2.24) is 14.8 Å². The third-order valence-corrected chi connectivity index (χ3v) is 4.04. The molecule has 3 rings (SSSR count). The SMILES string of the molecule is Cc1ccc(-c2n[nH]c(=S)n2CC(=O)Nc2ccc(OC(F)F)cc2)cc1. The zero-order valence-electron chi connectivity index (χ0n) is 14.3. The van der Waals surface area contributed by atoms with Gasteiger partial charge >= 0.3 is 6.61 Å². The summed E-state index contributed by atoms with van der Waals surface area (Å²) in [6.07, 6.45) is 0. The smallest absolute Gasteiger partial charge is 0.387 e. The molecule has 140 valence electrons. The second kappa shape index (κ2) is 8.09. The number of amides is 1. The van der Waals surface area contributed by atoms with Crippen molar-refractivity contribution in [3.05, 3.63) is 58.9 Å². The van der Waals surface area contributed by atoms with Gasteiger partial charge in [-0.15, -0.1) is 0 Å². The fraction of sp³-hybridized carbons (Fsp3) is 0.167. The number of carbonyl (C=O) groups is 1. The van der Waals surface area contributed by atoms with E-state index >= 15 is 0 Å². The molecule has 6 nitrogen and oxygen atoms in total. The largest absolute Gasteiger partial charge is 0.435 e. The van der Waals surface area contributed by atoms with Crippen LogP contribution in [-0.4, -0.2) is 27.3 Å². The molecule has 0 bridgehead atoms. The molecule has 0 fully saturated rings. The van der Waals surface area contributed by atoms with E-state index in [9.17, 15) is 13.6 Å². The number of aromatic nitrogens is 3. The van der Waals surface area contributed by atoms with E-state index in [2.05, 4.69) is 20.3 Å². The van der Waals surface area contributed by atoms with Gasteiger partial charge < -0.3 is 10.1 Å². The molecule has 1 amide bonds. The number of ether oxygens (including phenoxy) is 1. The van der Waals surface area contributed by atoms with E-state index in [4.69, 9.17) is 12.2 Å². The van der Waals surface area contributed by atoms with Gasteiger partial charge in [0.1, 0.15) is 12.3 Å². The summed E-state index contributed by atoms with van der Waals surface area (Å²) in [6, 6.07) is 13.3. The van der Waals surface area contributed by atoms with Crippen LogP contribution in [0, 0.1) is 11.7 Å². The molecule has 0 atom stereocenters. The molecule has 0 aliphatic carbocycles. The Hall–Kier alpha value is -3.07. The first-order valence-electron chi connectivity index (χ1n) is 7.99. The Morgan fingerprint density at radius 3 is 2.52 bits per heavy atom. The maximum absolute atomic E-state index is 12.4. The third-order valence-electron chi connectivity index (χ3n) is 3.73. The van der Waals surface area contributed by atoms with Crippen molar-refractivity contribution < 1.29 is 18.3 Å². The highest BCUT2D eigenvalue weighted by Gasteiger charge is 2.13.